The van der Waals surface area contributed by atoms with Gasteiger partial charge < -0.3 is 10.1 Å². The van der Waals surface area contributed by atoms with Crippen molar-refractivity contribution in [1.82, 2.24) is 10.8 Å². The first-order valence-electron chi connectivity index (χ1n) is 8.43. The van der Waals surface area contributed by atoms with E-state index in [9.17, 15) is 17.6 Å². The third kappa shape index (κ3) is 3.70. The van der Waals surface area contributed by atoms with Gasteiger partial charge in [0.1, 0.15) is 17.3 Å². The minimum atomic E-state index is -4.08. The molecule has 1 aliphatic heterocycles. The Kier molecular flexibility index (Phi) is 5.90. The summed E-state index contributed by atoms with van der Waals surface area (Å²) in [5, 5.41) is 12.0. The van der Waals surface area contributed by atoms with Gasteiger partial charge in [0.25, 0.3) is 5.91 Å². The van der Waals surface area contributed by atoms with E-state index in [4.69, 9.17) is 21.5 Å². The summed E-state index contributed by atoms with van der Waals surface area (Å²) in [5.41, 5.74) is 1.49. The highest BCUT2D eigenvalue weighted by Gasteiger charge is 2.51. The van der Waals surface area contributed by atoms with Crippen LogP contribution in [0.4, 0.5) is 4.39 Å². The lowest BCUT2D eigenvalue weighted by atomic mass is 9.96. The van der Waals surface area contributed by atoms with E-state index in [0.717, 1.165) is 6.07 Å². The van der Waals surface area contributed by atoms with Crippen molar-refractivity contribution in [3.63, 3.8) is 0 Å². The van der Waals surface area contributed by atoms with E-state index in [1.807, 2.05) is 0 Å². The average Bonchev–Trinajstić information content (AvgIpc) is 2.71. The zero-order valence-corrected chi connectivity index (χ0v) is 16.2. The van der Waals surface area contributed by atoms with Gasteiger partial charge in [-0.1, -0.05) is 11.6 Å². The highest BCUT2D eigenvalue weighted by Crippen LogP contribution is 2.35. The number of carbonyl (C=O) groups excluding carboxylic acids is 1. The molecule has 1 heterocycles. The Balaban J connectivity index is 1.88. The van der Waals surface area contributed by atoms with Crippen molar-refractivity contribution < 1.29 is 27.5 Å². The van der Waals surface area contributed by atoms with E-state index < -0.39 is 26.3 Å². The molecular weight excluding hydrogens is 411 g/mol. The van der Waals surface area contributed by atoms with E-state index in [1.165, 1.54) is 41.9 Å². The second kappa shape index (κ2) is 8.04. The van der Waals surface area contributed by atoms with Gasteiger partial charge >= 0.3 is 0 Å². The molecule has 0 unspecified atom stereocenters. The van der Waals surface area contributed by atoms with E-state index in [2.05, 4.69) is 5.32 Å². The molecular formula is C18H18ClFN2O5S. The molecule has 1 amide bonds. The molecule has 2 aromatic rings. The molecule has 1 saturated heterocycles. The maximum Gasteiger partial charge on any atom is 0.265 e. The topological polar surface area (TPSA) is 105 Å². The highest BCUT2D eigenvalue weighted by atomic mass is 35.5. The number of carbonyl (C=O) groups is 1. The van der Waals surface area contributed by atoms with Crippen molar-refractivity contribution >= 4 is 27.3 Å². The van der Waals surface area contributed by atoms with Crippen LogP contribution in [-0.2, 0) is 14.6 Å². The van der Waals surface area contributed by atoms with Crippen molar-refractivity contribution in [3.05, 3.63) is 53.3 Å². The van der Waals surface area contributed by atoms with Crippen LogP contribution in [0.5, 0.6) is 11.5 Å². The molecule has 1 aliphatic rings. The van der Waals surface area contributed by atoms with Gasteiger partial charge in [0.15, 0.2) is 14.6 Å². The second-order valence-corrected chi connectivity index (χ2v) is 9.00. The normalized spacial score (nSPS) is 16.4. The molecule has 28 heavy (non-hydrogen) atoms. The Labute approximate surface area is 166 Å². The molecule has 0 radical (unpaired) electrons. The number of hydrogen-bond donors (Lipinski definition) is 3. The smallest absolute Gasteiger partial charge is 0.265 e. The molecule has 0 aromatic heterocycles. The van der Waals surface area contributed by atoms with Crippen LogP contribution in [0, 0.1) is 5.82 Å². The van der Waals surface area contributed by atoms with Crippen molar-refractivity contribution in [3.8, 4) is 11.5 Å². The molecule has 0 atom stereocenters. The Morgan fingerprint density at radius 2 is 1.75 bits per heavy atom. The molecule has 0 spiro atoms. The van der Waals surface area contributed by atoms with Crippen LogP contribution >= 0.6 is 11.6 Å². The third-order valence-electron chi connectivity index (χ3n) is 4.70. The monoisotopic (exact) mass is 428 g/mol. The molecule has 1 fully saturated rings. The first-order valence-corrected chi connectivity index (χ1v) is 10.3. The van der Waals surface area contributed by atoms with Crippen LogP contribution in [0.25, 0.3) is 0 Å². The molecule has 3 N–H and O–H groups in total. The molecule has 10 heteroatoms. The first-order chi connectivity index (χ1) is 13.3. The highest BCUT2D eigenvalue weighted by molar-refractivity contribution is 7.93. The van der Waals surface area contributed by atoms with Crippen LogP contribution in [0.1, 0.15) is 12.8 Å². The molecule has 0 saturated carbocycles. The number of rotatable bonds is 5. The number of piperidine rings is 1. The Morgan fingerprint density at radius 3 is 2.32 bits per heavy atom. The van der Waals surface area contributed by atoms with Gasteiger partial charge in [-0.2, -0.15) is 0 Å². The SMILES string of the molecule is O=C(NO)C1(S(=O)(=O)c2ccc(Oc3ccc(F)c(Cl)c3)cc2)CCNCC1. The lowest BCUT2D eigenvalue weighted by molar-refractivity contribution is -0.132. The quantitative estimate of drug-likeness (QED) is 0.499. The molecule has 2 aromatic carbocycles. The van der Waals surface area contributed by atoms with Crippen LogP contribution in [0.15, 0.2) is 47.4 Å². The van der Waals surface area contributed by atoms with E-state index >= 15 is 0 Å². The number of benzene rings is 2. The fourth-order valence-corrected chi connectivity index (χ4v) is 5.29. The van der Waals surface area contributed by atoms with Crippen LogP contribution in [0.3, 0.4) is 0 Å². The summed E-state index contributed by atoms with van der Waals surface area (Å²) in [5.74, 6) is -0.927. The lowest BCUT2D eigenvalue weighted by Gasteiger charge is -2.34. The summed E-state index contributed by atoms with van der Waals surface area (Å²) in [7, 11) is -4.08. The number of hydroxylamine groups is 1. The van der Waals surface area contributed by atoms with Crippen molar-refractivity contribution in [1.29, 1.82) is 0 Å². The number of sulfone groups is 1. The summed E-state index contributed by atoms with van der Waals surface area (Å²) in [6.45, 7) is 0.665. The summed E-state index contributed by atoms with van der Waals surface area (Å²) in [4.78, 5) is 12.2. The fraction of sp³-hybridized carbons (Fsp3) is 0.278. The van der Waals surface area contributed by atoms with Crippen molar-refractivity contribution in [2.75, 3.05) is 13.1 Å². The van der Waals surface area contributed by atoms with Gasteiger partial charge in [-0.3, -0.25) is 10.0 Å². The molecule has 7 nitrogen and oxygen atoms in total. The molecule has 3 rings (SSSR count). The maximum absolute atomic E-state index is 13.2. The molecule has 150 valence electrons. The largest absolute Gasteiger partial charge is 0.457 e. The Morgan fingerprint density at radius 1 is 1.14 bits per heavy atom. The van der Waals surface area contributed by atoms with Gasteiger partial charge in [-0.15, -0.1) is 0 Å². The molecule has 0 bridgehead atoms. The first kappa shape index (κ1) is 20.5. The van der Waals surface area contributed by atoms with E-state index in [0.29, 0.717) is 18.8 Å². The third-order valence-corrected chi connectivity index (χ3v) is 7.51. The van der Waals surface area contributed by atoms with Gasteiger partial charge in [0, 0.05) is 6.07 Å². The average molecular weight is 429 g/mol. The van der Waals surface area contributed by atoms with Crippen molar-refractivity contribution in [2.24, 2.45) is 0 Å². The fourth-order valence-electron chi connectivity index (χ4n) is 3.14. The van der Waals surface area contributed by atoms with Crippen LogP contribution in [0.2, 0.25) is 5.02 Å². The summed E-state index contributed by atoms with van der Waals surface area (Å²) in [6.07, 6.45) is 0.0715. The summed E-state index contributed by atoms with van der Waals surface area (Å²) >= 11 is 5.71. The number of halogens is 2. The molecule has 0 aliphatic carbocycles. The van der Waals surface area contributed by atoms with E-state index in [1.54, 1.807) is 0 Å². The zero-order valence-electron chi connectivity index (χ0n) is 14.6. The standard InChI is InChI=1S/C18H18ClFN2O5S/c19-15-11-13(3-6-16(15)20)27-12-1-4-14(5-2-12)28(25,26)18(17(23)22-24)7-9-21-10-8-18/h1-6,11,21,24H,7-10H2,(H,22,23). The Hall–Kier alpha value is -2.20. The predicted molar refractivity (Wildman–Crippen MR) is 99.9 cm³/mol. The van der Waals surface area contributed by atoms with Crippen LogP contribution < -0.4 is 15.5 Å². The number of amides is 1. The van der Waals surface area contributed by atoms with Gasteiger partial charge in [-0.25, -0.2) is 18.3 Å². The summed E-state index contributed by atoms with van der Waals surface area (Å²) < 4.78 is 43.3. The van der Waals surface area contributed by atoms with Crippen molar-refractivity contribution in [2.45, 2.75) is 22.5 Å². The second-order valence-electron chi connectivity index (χ2n) is 6.34. The van der Waals surface area contributed by atoms with Crippen LogP contribution in [-0.4, -0.2) is 37.4 Å². The Bertz CT molecular complexity index is 976. The van der Waals surface area contributed by atoms with Gasteiger partial charge in [0.05, 0.1) is 9.92 Å². The zero-order chi connectivity index (χ0) is 20.4. The summed E-state index contributed by atoms with van der Waals surface area (Å²) in [6, 6.07) is 9.35. The lowest BCUT2D eigenvalue weighted by Crippen LogP contribution is -2.57. The minimum absolute atomic E-state index is 0.0358. The van der Waals surface area contributed by atoms with Gasteiger partial charge in [-0.05, 0) is 62.3 Å². The number of hydrogen-bond acceptors (Lipinski definition) is 6. The van der Waals surface area contributed by atoms with E-state index in [-0.39, 0.29) is 28.5 Å². The number of ether oxygens (including phenoxy) is 1. The minimum Gasteiger partial charge on any atom is -0.457 e. The van der Waals surface area contributed by atoms with Gasteiger partial charge in [0.2, 0.25) is 0 Å². The predicted octanol–water partition coefficient (Wildman–Crippen LogP) is 2.67. The maximum atomic E-state index is 13.2. The number of nitrogens with one attached hydrogen (secondary N) is 2.